The number of carboxylic acid groups (broad SMARTS) is 2. The van der Waals surface area contributed by atoms with E-state index in [1.54, 1.807) is 19.1 Å². The van der Waals surface area contributed by atoms with Gasteiger partial charge in [-0.1, -0.05) is 17.7 Å². The van der Waals surface area contributed by atoms with Crippen LogP contribution in [0.1, 0.15) is 27.9 Å². The average molecular weight is 265 g/mol. The predicted octanol–water partition coefficient (Wildman–Crippen LogP) is 0.961. The molecule has 0 aliphatic carbocycles. The summed E-state index contributed by atoms with van der Waals surface area (Å²) in [5.74, 6) is -3.25. The monoisotopic (exact) mass is 265 g/mol. The Balaban J connectivity index is 2.90. The van der Waals surface area contributed by atoms with E-state index in [1.807, 2.05) is 13.0 Å². The van der Waals surface area contributed by atoms with Gasteiger partial charge in [0.15, 0.2) is 0 Å². The van der Waals surface area contributed by atoms with Crippen molar-refractivity contribution in [1.82, 2.24) is 5.32 Å². The predicted molar refractivity (Wildman–Crippen MR) is 67.1 cm³/mol. The summed E-state index contributed by atoms with van der Waals surface area (Å²) in [6.45, 7) is 3.53. The molecular weight excluding hydrogens is 250 g/mol. The molecular formula is C13H15NO5. The zero-order valence-corrected chi connectivity index (χ0v) is 10.6. The van der Waals surface area contributed by atoms with Gasteiger partial charge in [-0.15, -0.1) is 0 Å². The zero-order valence-electron chi connectivity index (χ0n) is 10.6. The highest BCUT2D eigenvalue weighted by molar-refractivity contribution is 5.98. The van der Waals surface area contributed by atoms with Gasteiger partial charge < -0.3 is 15.5 Å². The molecule has 1 atom stereocenters. The highest BCUT2D eigenvalue weighted by Crippen LogP contribution is 2.11. The van der Waals surface area contributed by atoms with Gasteiger partial charge in [0.1, 0.15) is 6.04 Å². The molecule has 3 N–H and O–H groups in total. The number of carbonyl (C=O) groups excluding carboxylic acids is 1. The molecule has 19 heavy (non-hydrogen) atoms. The van der Waals surface area contributed by atoms with E-state index in [-0.39, 0.29) is 0 Å². The van der Waals surface area contributed by atoms with Gasteiger partial charge in [-0.3, -0.25) is 9.59 Å². The van der Waals surface area contributed by atoms with Crippen LogP contribution in [-0.4, -0.2) is 34.1 Å². The first-order chi connectivity index (χ1) is 8.81. The molecule has 1 unspecified atom stereocenters. The Morgan fingerprint density at radius 2 is 1.84 bits per heavy atom. The van der Waals surface area contributed by atoms with Gasteiger partial charge >= 0.3 is 11.9 Å². The first-order valence-corrected chi connectivity index (χ1v) is 5.64. The summed E-state index contributed by atoms with van der Waals surface area (Å²) >= 11 is 0. The largest absolute Gasteiger partial charge is 0.481 e. The van der Waals surface area contributed by atoms with Crippen LogP contribution >= 0.6 is 0 Å². The fourth-order valence-electron chi connectivity index (χ4n) is 1.59. The molecule has 1 amide bonds. The lowest BCUT2D eigenvalue weighted by atomic mass is 10.0. The SMILES string of the molecule is Cc1ccc(C)c(C(=O)NC(CC(=O)O)C(=O)O)c1. The van der Waals surface area contributed by atoms with E-state index in [0.29, 0.717) is 11.1 Å². The molecule has 0 saturated heterocycles. The van der Waals surface area contributed by atoms with Crippen molar-refractivity contribution in [2.24, 2.45) is 0 Å². The van der Waals surface area contributed by atoms with Gasteiger partial charge in [0.25, 0.3) is 5.91 Å². The molecule has 1 aromatic rings. The molecule has 0 saturated carbocycles. The van der Waals surface area contributed by atoms with Crippen LogP contribution in [0.2, 0.25) is 0 Å². The summed E-state index contributed by atoms with van der Waals surface area (Å²) < 4.78 is 0. The maximum Gasteiger partial charge on any atom is 0.326 e. The normalized spacial score (nSPS) is 11.7. The van der Waals surface area contributed by atoms with E-state index in [0.717, 1.165) is 5.56 Å². The van der Waals surface area contributed by atoms with Crippen molar-refractivity contribution in [1.29, 1.82) is 0 Å². The third-order valence-corrected chi connectivity index (χ3v) is 2.62. The molecule has 6 heteroatoms. The summed E-state index contributed by atoms with van der Waals surface area (Å²) in [7, 11) is 0. The second kappa shape index (κ2) is 5.99. The summed E-state index contributed by atoms with van der Waals surface area (Å²) in [6, 6.07) is 3.77. The summed E-state index contributed by atoms with van der Waals surface area (Å²) in [4.78, 5) is 33.4. The van der Waals surface area contributed by atoms with Crippen LogP contribution < -0.4 is 5.32 Å². The Labute approximate surface area is 110 Å². The quantitative estimate of drug-likeness (QED) is 0.735. The van der Waals surface area contributed by atoms with Gasteiger partial charge in [0.2, 0.25) is 0 Å². The number of amides is 1. The highest BCUT2D eigenvalue weighted by Gasteiger charge is 2.24. The van der Waals surface area contributed by atoms with Gasteiger partial charge in [0.05, 0.1) is 6.42 Å². The Kier molecular flexibility index (Phi) is 4.63. The number of benzene rings is 1. The fourth-order valence-corrected chi connectivity index (χ4v) is 1.59. The van der Waals surface area contributed by atoms with Crippen molar-refractivity contribution in [2.45, 2.75) is 26.3 Å². The third-order valence-electron chi connectivity index (χ3n) is 2.62. The first kappa shape index (κ1) is 14.7. The van der Waals surface area contributed by atoms with E-state index in [9.17, 15) is 14.4 Å². The molecule has 0 fully saturated rings. The van der Waals surface area contributed by atoms with Gasteiger partial charge in [-0.2, -0.15) is 0 Å². The van der Waals surface area contributed by atoms with Crippen molar-refractivity contribution in [2.75, 3.05) is 0 Å². The minimum atomic E-state index is -1.44. The topological polar surface area (TPSA) is 104 Å². The smallest absolute Gasteiger partial charge is 0.326 e. The van der Waals surface area contributed by atoms with Crippen molar-refractivity contribution in [3.8, 4) is 0 Å². The van der Waals surface area contributed by atoms with E-state index < -0.39 is 30.3 Å². The van der Waals surface area contributed by atoms with Crippen molar-refractivity contribution < 1.29 is 24.6 Å². The number of rotatable bonds is 5. The summed E-state index contributed by atoms with van der Waals surface area (Å²) in [6.07, 6.45) is -0.661. The zero-order chi connectivity index (χ0) is 14.6. The Morgan fingerprint density at radius 1 is 1.21 bits per heavy atom. The Bertz CT molecular complexity index is 524. The van der Waals surface area contributed by atoms with Gasteiger partial charge in [-0.05, 0) is 25.5 Å². The van der Waals surface area contributed by atoms with E-state index in [2.05, 4.69) is 5.32 Å². The minimum absolute atomic E-state index is 0.344. The molecule has 0 aliphatic rings. The lowest BCUT2D eigenvalue weighted by Crippen LogP contribution is -2.42. The van der Waals surface area contributed by atoms with Crippen molar-refractivity contribution in [3.05, 3.63) is 34.9 Å². The lowest BCUT2D eigenvalue weighted by Gasteiger charge is -2.14. The highest BCUT2D eigenvalue weighted by atomic mass is 16.4. The van der Waals surface area contributed by atoms with E-state index >= 15 is 0 Å². The molecule has 1 rings (SSSR count). The van der Waals surface area contributed by atoms with Crippen LogP contribution in [0.15, 0.2) is 18.2 Å². The number of hydrogen-bond acceptors (Lipinski definition) is 3. The Morgan fingerprint density at radius 3 is 2.37 bits per heavy atom. The molecule has 0 spiro atoms. The van der Waals surface area contributed by atoms with Gasteiger partial charge in [-0.25, -0.2) is 4.79 Å². The van der Waals surface area contributed by atoms with E-state index in [1.165, 1.54) is 0 Å². The fraction of sp³-hybridized carbons (Fsp3) is 0.308. The van der Waals surface area contributed by atoms with Crippen LogP contribution in [-0.2, 0) is 9.59 Å². The number of hydrogen-bond donors (Lipinski definition) is 3. The number of aliphatic carboxylic acids is 2. The molecule has 6 nitrogen and oxygen atoms in total. The summed E-state index contributed by atoms with van der Waals surface area (Å²) in [5.41, 5.74) is 1.90. The van der Waals surface area contributed by atoms with Crippen molar-refractivity contribution >= 4 is 17.8 Å². The standard InChI is InChI=1S/C13H15NO5/c1-7-3-4-8(2)9(5-7)12(17)14-10(13(18)19)6-11(15)16/h3-5,10H,6H2,1-2H3,(H,14,17)(H,15,16)(H,18,19). The Hall–Kier alpha value is -2.37. The molecule has 102 valence electrons. The second-order valence-electron chi connectivity index (χ2n) is 4.28. The molecule has 1 aromatic carbocycles. The van der Waals surface area contributed by atoms with Crippen molar-refractivity contribution in [3.63, 3.8) is 0 Å². The minimum Gasteiger partial charge on any atom is -0.481 e. The number of aryl methyl sites for hydroxylation is 2. The average Bonchev–Trinajstić information content (AvgIpc) is 2.30. The molecule has 0 heterocycles. The van der Waals surface area contributed by atoms with Gasteiger partial charge in [0, 0.05) is 5.56 Å². The van der Waals surface area contributed by atoms with Crippen LogP contribution in [0.25, 0.3) is 0 Å². The van der Waals surface area contributed by atoms with Crippen LogP contribution in [0.3, 0.4) is 0 Å². The van der Waals surface area contributed by atoms with Crippen LogP contribution in [0.5, 0.6) is 0 Å². The lowest BCUT2D eigenvalue weighted by molar-refractivity contribution is -0.145. The number of nitrogens with one attached hydrogen (secondary N) is 1. The maximum atomic E-state index is 11.9. The molecule has 0 aromatic heterocycles. The van der Waals surface area contributed by atoms with Crippen LogP contribution in [0, 0.1) is 13.8 Å². The molecule has 0 bridgehead atoms. The maximum absolute atomic E-state index is 11.9. The third kappa shape index (κ3) is 4.09. The summed E-state index contributed by atoms with van der Waals surface area (Å²) in [5, 5.41) is 19.7. The first-order valence-electron chi connectivity index (χ1n) is 5.64. The second-order valence-corrected chi connectivity index (χ2v) is 4.28. The van der Waals surface area contributed by atoms with Crippen LogP contribution in [0.4, 0.5) is 0 Å². The van der Waals surface area contributed by atoms with E-state index in [4.69, 9.17) is 10.2 Å². The molecule has 0 aliphatic heterocycles. The number of carbonyl (C=O) groups is 3. The number of carboxylic acids is 2. The molecule has 0 radical (unpaired) electrons.